The molecule has 0 aromatic heterocycles. The van der Waals surface area contributed by atoms with Crippen molar-refractivity contribution in [2.24, 2.45) is 5.92 Å². The molecule has 0 saturated carbocycles. The van der Waals surface area contributed by atoms with E-state index in [2.05, 4.69) is 17.1 Å². The van der Waals surface area contributed by atoms with Gasteiger partial charge in [0.25, 0.3) is 0 Å². The fraction of sp³-hybridized carbons (Fsp3) is 0.923. The Morgan fingerprint density at radius 1 is 1.31 bits per heavy atom. The van der Waals surface area contributed by atoms with Crippen LogP contribution in [0.2, 0.25) is 0 Å². The Morgan fingerprint density at radius 3 is 2.75 bits per heavy atom. The highest BCUT2D eigenvalue weighted by Crippen LogP contribution is 2.21. The second-order valence-electron chi connectivity index (χ2n) is 5.19. The zero-order valence-corrected chi connectivity index (χ0v) is 10.4. The molecular formula is C13H24N2O. The summed E-state index contributed by atoms with van der Waals surface area (Å²) in [6, 6.07) is 0.108. The van der Waals surface area contributed by atoms with Gasteiger partial charge in [0.15, 0.2) is 0 Å². The van der Waals surface area contributed by atoms with Gasteiger partial charge in [-0.2, -0.15) is 0 Å². The molecule has 1 N–H and O–H groups in total. The van der Waals surface area contributed by atoms with Crippen LogP contribution in [-0.2, 0) is 4.79 Å². The van der Waals surface area contributed by atoms with Crippen molar-refractivity contribution in [1.29, 1.82) is 0 Å². The molecule has 2 heterocycles. The number of hydrogen-bond acceptors (Lipinski definition) is 2. The molecule has 3 heteroatoms. The Hall–Kier alpha value is -0.570. The van der Waals surface area contributed by atoms with Crippen molar-refractivity contribution < 1.29 is 4.79 Å². The van der Waals surface area contributed by atoms with Crippen molar-refractivity contribution in [1.82, 2.24) is 10.2 Å². The summed E-state index contributed by atoms with van der Waals surface area (Å²) in [5.41, 5.74) is 0. The molecule has 0 aromatic carbocycles. The molecule has 2 aliphatic heterocycles. The SMILES string of the molecule is CCC1CCNC(C(=O)N2CCCCC2)C1. The Bertz CT molecular complexity index is 236. The first-order chi connectivity index (χ1) is 7.81. The number of nitrogens with zero attached hydrogens (tertiary/aromatic N) is 1. The van der Waals surface area contributed by atoms with E-state index in [0.29, 0.717) is 5.91 Å². The van der Waals surface area contributed by atoms with Crippen LogP contribution in [0.1, 0.15) is 45.4 Å². The summed E-state index contributed by atoms with van der Waals surface area (Å²) >= 11 is 0. The Morgan fingerprint density at radius 2 is 2.06 bits per heavy atom. The Labute approximate surface area is 98.6 Å². The quantitative estimate of drug-likeness (QED) is 0.775. The number of nitrogens with one attached hydrogen (secondary N) is 1. The fourth-order valence-corrected chi connectivity index (χ4v) is 2.89. The number of hydrogen-bond donors (Lipinski definition) is 1. The molecule has 0 bridgehead atoms. The minimum atomic E-state index is 0.108. The number of likely N-dealkylation sites (tertiary alicyclic amines) is 1. The first kappa shape index (κ1) is 11.9. The third-order valence-corrected chi connectivity index (χ3v) is 4.06. The lowest BCUT2D eigenvalue weighted by molar-refractivity contribution is -0.135. The summed E-state index contributed by atoms with van der Waals surface area (Å²) in [6.45, 7) is 5.21. The first-order valence-electron chi connectivity index (χ1n) is 6.83. The fourth-order valence-electron chi connectivity index (χ4n) is 2.89. The van der Waals surface area contributed by atoms with Gasteiger partial charge in [0.1, 0.15) is 0 Å². The van der Waals surface area contributed by atoms with Gasteiger partial charge >= 0.3 is 0 Å². The largest absolute Gasteiger partial charge is 0.341 e. The Kier molecular flexibility index (Phi) is 4.22. The van der Waals surface area contributed by atoms with E-state index in [1.54, 1.807) is 0 Å². The highest BCUT2D eigenvalue weighted by molar-refractivity contribution is 5.82. The predicted octanol–water partition coefficient (Wildman–Crippen LogP) is 1.78. The van der Waals surface area contributed by atoms with Crippen molar-refractivity contribution in [2.45, 2.75) is 51.5 Å². The molecule has 1 amide bonds. The minimum Gasteiger partial charge on any atom is -0.341 e. The van der Waals surface area contributed by atoms with Gasteiger partial charge in [-0.15, -0.1) is 0 Å². The van der Waals surface area contributed by atoms with Gasteiger partial charge in [-0.25, -0.2) is 0 Å². The van der Waals surface area contributed by atoms with Gasteiger partial charge in [0.05, 0.1) is 6.04 Å². The standard InChI is InChI=1S/C13H24N2O/c1-2-11-6-7-14-12(10-11)13(16)15-8-4-3-5-9-15/h11-12,14H,2-10H2,1H3. The van der Waals surface area contributed by atoms with Gasteiger partial charge in [-0.05, 0) is 44.6 Å². The van der Waals surface area contributed by atoms with Crippen LogP contribution in [0.4, 0.5) is 0 Å². The topological polar surface area (TPSA) is 32.3 Å². The molecule has 0 radical (unpaired) electrons. The number of carbonyl (C=O) groups is 1. The molecular weight excluding hydrogens is 200 g/mol. The van der Waals surface area contributed by atoms with E-state index >= 15 is 0 Å². The molecule has 3 nitrogen and oxygen atoms in total. The van der Waals surface area contributed by atoms with E-state index in [-0.39, 0.29) is 6.04 Å². The lowest BCUT2D eigenvalue weighted by Gasteiger charge is -2.34. The summed E-state index contributed by atoms with van der Waals surface area (Å²) in [5, 5.41) is 3.39. The van der Waals surface area contributed by atoms with E-state index < -0.39 is 0 Å². The zero-order valence-electron chi connectivity index (χ0n) is 10.4. The summed E-state index contributed by atoms with van der Waals surface area (Å²) < 4.78 is 0. The first-order valence-corrected chi connectivity index (χ1v) is 6.83. The average molecular weight is 224 g/mol. The highest BCUT2D eigenvalue weighted by Gasteiger charge is 2.29. The highest BCUT2D eigenvalue weighted by atomic mass is 16.2. The van der Waals surface area contributed by atoms with Crippen molar-refractivity contribution in [3.05, 3.63) is 0 Å². The molecule has 2 aliphatic rings. The monoisotopic (exact) mass is 224 g/mol. The molecule has 2 unspecified atom stereocenters. The predicted molar refractivity (Wildman–Crippen MR) is 65.2 cm³/mol. The maximum absolute atomic E-state index is 12.3. The number of rotatable bonds is 2. The summed E-state index contributed by atoms with van der Waals surface area (Å²) in [7, 11) is 0. The van der Waals surface area contributed by atoms with Gasteiger partial charge in [-0.1, -0.05) is 13.3 Å². The molecule has 0 spiro atoms. The van der Waals surface area contributed by atoms with E-state index in [9.17, 15) is 4.79 Å². The Balaban J connectivity index is 1.87. The van der Waals surface area contributed by atoms with E-state index in [1.807, 2.05) is 0 Å². The molecule has 0 aromatic rings. The molecule has 92 valence electrons. The summed E-state index contributed by atoms with van der Waals surface area (Å²) in [5.74, 6) is 1.11. The second kappa shape index (κ2) is 5.67. The minimum absolute atomic E-state index is 0.108. The van der Waals surface area contributed by atoms with Crippen LogP contribution in [0.25, 0.3) is 0 Å². The van der Waals surface area contributed by atoms with Crippen LogP contribution < -0.4 is 5.32 Å². The average Bonchev–Trinajstić information content (AvgIpc) is 2.39. The molecule has 2 saturated heterocycles. The van der Waals surface area contributed by atoms with Crippen molar-refractivity contribution in [2.75, 3.05) is 19.6 Å². The number of carbonyl (C=O) groups excluding carboxylic acids is 1. The van der Waals surface area contributed by atoms with Crippen molar-refractivity contribution in [3.63, 3.8) is 0 Å². The van der Waals surface area contributed by atoms with Gasteiger partial charge in [-0.3, -0.25) is 4.79 Å². The molecule has 0 aliphatic carbocycles. The van der Waals surface area contributed by atoms with E-state index in [4.69, 9.17) is 0 Å². The lowest BCUT2D eigenvalue weighted by Crippen LogP contribution is -2.51. The summed E-state index contributed by atoms with van der Waals surface area (Å²) in [4.78, 5) is 14.3. The maximum atomic E-state index is 12.3. The lowest BCUT2D eigenvalue weighted by atomic mass is 9.89. The summed E-state index contributed by atoms with van der Waals surface area (Å²) in [6.07, 6.45) is 7.17. The van der Waals surface area contributed by atoms with Crippen LogP contribution >= 0.6 is 0 Å². The second-order valence-corrected chi connectivity index (χ2v) is 5.19. The van der Waals surface area contributed by atoms with Crippen LogP contribution in [0.3, 0.4) is 0 Å². The van der Waals surface area contributed by atoms with E-state index in [0.717, 1.165) is 32.0 Å². The van der Waals surface area contributed by atoms with Gasteiger partial charge < -0.3 is 10.2 Å². The smallest absolute Gasteiger partial charge is 0.239 e. The van der Waals surface area contributed by atoms with Crippen LogP contribution in [0, 0.1) is 5.92 Å². The van der Waals surface area contributed by atoms with Gasteiger partial charge in [0.2, 0.25) is 5.91 Å². The van der Waals surface area contributed by atoms with Gasteiger partial charge in [0, 0.05) is 13.1 Å². The molecule has 16 heavy (non-hydrogen) atoms. The van der Waals surface area contributed by atoms with E-state index in [1.165, 1.54) is 32.1 Å². The molecule has 2 rings (SSSR count). The van der Waals surface area contributed by atoms with Crippen molar-refractivity contribution in [3.8, 4) is 0 Å². The maximum Gasteiger partial charge on any atom is 0.239 e. The number of amides is 1. The normalized spacial score (nSPS) is 31.4. The molecule has 2 fully saturated rings. The number of piperidine rings is 2. The molecule has 2 atom stereocenters. The third kappa shape index (κ3) is 2.76. The van der Waals surface area contributed by atoms with Crippen molar-refractivity contribution >= 4 is 5.91 Å². The van der Waals surface area contributed by atoms with Crippen LogP contribution in [0.15, 0.2) is 0 Å². The zero-order chi connectivity index (χ0) is 11.4. The van der Waals surface area contributed by atoms with Crippen LogP contribution in [0.5, 0.6) is 0 Å². The third-order valence-electron chi connectivity index (χ3n) is 4.06. The van der Waals surface area contributed by atoms with Crippen LogP contribution in [-0.4, -0.2) is 36.5 Å².